The monoisotopic (exact) mass is 304 g/mol. The quantitative estimate of drug-likeness (QED) is 0.794. The van der Waals surface area contributed by atoms with E-state index in [0.29, 0.717) is 5.15 Å². The van der Waals surface area contributed by atoms with Gasteiger partial charge in [0.2, 0.25) is 5.91 Å². The highest BCUT2D eigenvalue weighted by Gasteiger charge is 2.17. The summed E-state index contributed by atoms with van der Waals surface area (Å²) in [7, 11) is 2.07. The molecule has 1 aliphatic heterocycles. The van der Waals surface area contributed by atoms with Gasteiger partial charge in [-0.2, -0.15) is 0 Å². The lowest BCUT2D eigenvalue weighted by Crippen LogP contribution is -2.46. The third kappa shape index (κ3) is 2.94. The second-order valence-electron chi connectivity index (χ2n) is 5.18. The highest BCUT2D eigenvalue weighted by Crippen LogP contribution is 2.19. The van der Waals surface area contributed by atoms with Gasteiger partial charge in [0.1, 0.15) is 5.65 Å². The van der Waals surface area contributed by atoms with Crippen molar-refractivity contribution in [2.24, 2.45) is 0 Å². The number of rotatable bonds is 2. The largest absolute Gasteiger partial charge is 0.337 e. The highest BCUT2D eigenvalue weighted by molar-refractivity contribution is 6.31. The number of likely N-dealkylation sites (N-methyl/N-ethyl adjacent to an activating group) is 1. The first-order valence-electron chi connectivity index (χ1n) is 6.93. The number of pyridine rings is 1. The highest BCUT2D eigenvalue weighted by atomic mass is 35.5. The molecule has 1 fully saturated rings. The SMILES string of the molecule is CN1CCN(C(=O)C=Cc2c(Cl)nc3ccccn23)CC1. The Morgan fingerprint density at radius 1 is 1.29 bits per heavy atom. The summed E-state index contributed by atoms with van der Waals surface area (Å²) < 4.78 is 1.87. The number of hydrogen-bond acceptors (Lipinski definition) is 3. The van der Waals surface area contributed by atoms with Crippen LogP contribution in [0.15, 0.2) is 30.5 Å². The van der Waals surface area contributed by atoms with Gasteiger partial charge in [0.15, 0.2) is 5.15 Å². The summed E-state index contributed by atoms with van der Waals surface area (Å²) in [4.78, 5) is 20.5. The van der Waals surface area contributed by atoms with Crippen LogP contribution in [0, 0.1) is 0 Å². The zero-order valence-corrected chi connectivity index (χ0v) is 12.6. The molecule has 1 aliphatic rings. The van der Waals surface area contributed by atoms with Gasteiger partial charge in [0.25, 0.3) is 0 Å². The summed E-state index contributed by atoms with van der Waals surface area (Å²) >= 11 is 6.14. The molecule has 3 rings (SSSR count). The molecular weight excluding hydrogens is 288 g/mol. The molecule has 110 valence electrons. The molecule has 0 N–H and O–H groups in total. The van der Waals surface area contributed by atoms with E-state index in [0.717, 1.165) is 37.5 Å². The number of carbonyl (C=O) groups is 1. The summed E-state index contributed by atoms with van der Waals surface area (Å²) in [6.45, 7) is 3.35. The Morgan fingerprint density at radius 3 is 2.81 bits per heavy atom. The Hall–Kier alpha value is -1.85. The number of nitrogens with zero attached hydrogens (tertiary/aromatic N) is 4. The number of piperazine rings is 1. The maximum atomic E-state index is 12.2. The van der Waals surface area contributed by atoms with Crippen LogP contribution in [0.5, 0.6) is 0 Å². The van der Waals surface area contributed by atoms with Crippen LogP contribution in [0.25, 0.3) is 11.7 Å². The van der Waals surface area contributed by atoms with E-state index >= 15 is 0 Å². The van der Waals surface area contributed by atoms with Crippen LogP contribution < -0.4 is 0 Å². The fraction of sp³-hybridized carbons (Fsp3) is 0.333. The Balaban J connectivity index is 1.78. The number of halogens is 1. The smallest absolute Gasteiger partial charge is 0.246 e. The van der Waals surface area contributed by atoms with Crippen LogP contribution >= 0.6 is 11.6 Å². The summed E-state index contributed by atoms with van der Waals surface area (Å²) in [5, 5.41) is 0.406. The van der Waals surface area contributed by atoms with Crippen molar-refractivity contribution in [3.63, 3.8) is 0 Å². The third-order valence-electron chi connectivity index (χ3n) is 3.72. The molecule has 2 aromatic heterocycles. The fourth-order valence-corrected chi connectivity index (χ4v) is 2.66. The van der Waals surface area contributed by atoms with Crippen molar-refractivity contribution in [2.75, 3.05) is 33.2 Å². The summed E-state index contributed by atoms with van der Waals surface area (Å²) in [5.74, 6) is 0.0186. The number of imidazole rings is 1. The van der Waals surface area contributed by atoms with Gasteiger partial charge in [-0.15, -0.1) is 0 Å². The molecule has 0 atom stereocenters. The van der Waals surface area contributed by atoms with Crippen molar-refractivity contribution >= 4 is 29.2 Å². The van der Waals surface area contributed by atoms with E-state index in [4.69, 9.17) is 11.6 Å². The number of hydrogen-bond donors (Lipinski definition) is 0. The van der Waals surface area contributed by atoms with E-state index in [1.807, 2.05) is 33.7 Å². The molecule has 0 aromatic carbocycles. The normalized spacial score (nSPS) is 17.0. The topological polar surface area (TPSA) is 40.8 Å². The van der Waals surface area contributed by atoms with Crippen LogP contribution in [0.2, 0.25) is 5.15 Å². The minimum atomic E-state index is 0.0186. The predicted octanol–water partition coefficient (Wildman–Crippen LogP) is 1.77. The molecule has 2 aromatic rings. The molecule has 0 aliphatic carbocycles. The van der Waals surface area contributed by atoms with Crippen LogP contribution in [-0.2, 0) is 4.79 Å². The number of carbonyl (C=O) groups excluding carboxylic acids is 1. The van der Waals surface area contributed by atoms with E-state index in [-0.39, 0.29) is 5.91 Å². The molecule has 0 bridgehead atoms. The summed E-state index contributed by atoms with van der Waals surface area (Å²) in [6, 6.07) is 5.69. The summed E-state index contributed by atoms with van der Waals surface area (Å²) in [5.41, 5.74) is 1.50. The average Bonchev–Trinajstić information content (AvgIpc) is 2.81. The Bertz CT molecular complexity index is 686. The number of aromatic nitrogens is 2. The first-order valence-corrected chi connectivity index (χ1v) is 7.31. The minimum Gasteiger partial charge on any atom is -0.337 e. The van der Waals surface area contributed by atoms with Gasteiger partial charge in [0, 0.05) is 38.5 Å². The van der Waals surface area contributed by atoms with Gasteiger partial charge in [0.05, 0.1) is 5.69 Å². The minimum absolute atomic E-state index is 0.0186. The summed E-state index contributed by atoms with van der Waals surface area (Å²) in [6.07, 6.45) is 5.20. The van der Waals surface area contributed by atoms with Gasteiger partial charge < -0.3 is 9.80 Å². The van der Waals surface area contributed by atoms with E-state index in [9.17, 15) is 4.79 Å². The van der Waals surface area contributed by atoms with Crippen LogP contribution in [0.3, 0.4) is 0 Å². The predicted molar refractivity (Wildman–Crippen MR) is 83.3 cm³/mol. The lowest BCUT2D eigenvalue weighted by Gasteiger charge is -2.31. The molecule has 6 heteroatoms. The van der Waals surface area contributed by atoms with Crippen LogP contribution in [-0.4, -0.2) is 58.3 Å². The molecule has 0 radical (unpaired) electrons. The molecule has 0 spiro atoms. The molecule has 1 amide bonds. The van der Waals surface area contributed by atoms with E-state index in [2.05, 4.69) is 16.9 Å². The van der Waals surface area contributed by atoms with Crippen molar-refractivity contribution in [1.29, 1.82) is 0 Å². The molecule has 21 heavy (non-hydrogen) atoms. The maximum Gasteiger partial charge on any atom is 0.246 e. The molecule has 1 saturated heterocycles. The van der Waals surface area contributed by atoms with E-state index < -0.39 is 0 Å². The van der Waals surface area contributed by atoms with Crippen molar-refractivity contribution in [1.82, 2.24) is 19.2 Å². The lowest BCUT2D eigenvalue weighted by atomic mass is 10.3. The zero-order chi connectivity index (χ0) is 14.8. The average molecular weight is 305 g/mol. The van der Waals surface area contributed by atoms with Gasteiger partial charge >= 0.3 is 0 Å². The number of fused-ring (bicyclic) bond motifs is 1. The number of amides is 1. The molecule has 0 unspecified atom stereocenters. The molecule has 5 nitrogen and oxygen atoms in total. The lowest BCUT2D eigenvalue weighted by molar-refractivity contribution is -0.127. The van der Waals surface area contributed by atoms with Gasteiger partial charge in [-0.1, -0.05) is 17.7 Å². The zero-order valence-electron chi connectivity index (χ0n) is 11.9. The van der Waals surface area contributed by atoms with Crippen molar-refractivity contribution < 1.29 is 4.79 Å². The standard InChI is InChI=1S/C15H17ClN4O/c1-18-8-10-19(11-9-18)14(21)6-5-12-15(16)17-13-4-2-3-7-20(12)13/h2-7H,8-11H2,1H3. The molecular formula is C15H17ClN4O. The Kier molecular flexibility index (Phi) is 3.94. The maximum absolute atomic E-state index is 12.2. The first kappa shape index (κ1) is 14.1. The second kappa shape index (κ2) is 5.87. The first-order chi connectivity index (χ1) is 10.1. The van der Waals surface area contributed by atoms with Gasteiger partial charge in [-0.3, -0.25) is 9.20 Å². The molecule has 0 saturated carbocycles. The molecule has 3 heterocycles. The van der Waals surface area contributed by atoms with Crippen molar-refractivity contribution in [2.45, 2.75) is 0 Å². The van der Waals surface area contributed by atoms with Crippen LogP contribution in [0.1, 0.15) is 5.69 Å². The Labute approximate surface area is 128 Å². The fourth-order valence-electron chi connectivity index (χ4n) is 2.42. The van der Waals surface area contributed by atoms with Gasteiger partial charge in [-0.25, -0.2) is 4.98 Å². The van der Waals surface area contributed by atoms with E-state index in [1.54, 1.807) is 12.2 Å². The third-order valence-corrected chi connectivity index (χ3v) is 4.00. The Morgan fingerprint density at radius 2 is 2.05 bits per heavy atom. The van der Waals surface area contributed by atoms with Crippen molar-refractivity contribution in [3.05, 3.63) is 41.3 Å². The van der Waals surface area contributed by atoms with Crippen LogP contribution in [0.4, 0.5) is 0 Å². The van der Waals surface area contributed by atoms with Gasteiger partial charge in [-0.05, 0) is 25.3 Å². The van der Waals surface area contributed by atoms with Crippen molar-refractivity contribution in [3.8, 4) is 0 Å². The second-order valence-corrected chi connectivity index (χ2v) is 5.54. The van der Waals surface area contributed by atoms with E-state index in [1.165, 1.54) is 0 Å².